The van der Waals surface area contributed by atoms with E-state index in [-0.39, 0.29) is 5.57 Å². The van der Waals surface area contributed by atoms with E-state index in [0.29, 0.717) is 38.9 Å². The molecule has 0 radical (unpaired) electrons. The Hall–Kier alpha value is -3.27. The number of methoxy groups -OCH3 is 1. The molecule has 0 aliphatic rings. The fourth-order valence-corrected chi connectivity index (χ4v) is 3.36. The van der Waals surface area contributed by atoms with Crippen molar-refractivity contribution in [1.82, 2.24) is 0 Å². The normalized spacial score (nSPS) is 10.8. The monoisotopic (exact) mass is 496 g/mol. The summed E-state index contributed by atoms with van der Waals surface area (Å²) in [5.74, 6) is 0.482. The number of nitrogens with one attached hydrogen (secondary N) is 1. The molecule has 0 aliphatic carbocycles. The van der Waals surface area contributed by atoms with Crippen molar-refractivity contribution in [1.29, 1.82) is 5.26 Å². The van der Waals surface area contributed by atoms with Crippen LogP contribution >= 0.6 is 27.5 Å². The number of hydrogen-bond acceptors (Lipinski definition) is 4. The zero-order valence-corrected chi connectivity index (χ0v) is 18.9. The van der Waals surface area contributed by atoms with Gasteiger partial charge in [0.2, 0.25) is 0 Å². The van der Waals surface area contributed by atoms with Crippen LogP contribution in [0.2, 0.25) is 5.02 Å². The van der Waals surface area contributed by atoms with E-state index in [2.05, 4.69) is 21.2 Å². The van der Waals surface area contributed by atoms with E-state index < -0.39 is 5.91 Å². The number of benzene rings is 3. The fourth-order valence-electron chi connectivity index (χ4n) is 2.74. The maximum Gasteiger partial charge on any atom is 0.266 e. The third kappa shape index (κ3) is 6.11. The van der Waals surface area contributed by atoms with Crippen LogP contribution in [-0.4, -0.2) is 13.0 Å². The Balaban J connectivity index is 1.82. The van der Waals surface area contributed by atoms with E-state index in [4.69, 9.17) is 21.1 Å². The molecule has 0 bridgehead atoms. The van der Waals surface area contributed by atoms with Crippen LogP contribution in [-0.2, 0) is 11.4 Å². The number of nitrogens with zero attached hydrogens (tertiary/aromatic N) is 1. The van der Waals surface area contributed by atoms with Crippen molar-refractivity contribution in [3.8, 4) is 17.6 Å². The summed E-state index contributed by atoms with van der Waals surface area (Å²) >= 11 is 9.42. The topological polar surface area (TPSA) is 71.3 Å². The van der Waals surface area contributed by atoms with Gasteiger partial charge in [-0.3, -0.25) is 4.79 Å². The van der Waals surface area contributed by atoms with Crippen molar-refractivity contribution in [3.05, 3.63) is 92.9 Å². The highest BCUT2D eigenvalue weighted by atomic mass is 79.9. The summed E-state index contributed by atoms with van der Waals surface area (Å²) in [5.41, 5.74) is 2.05. The Morgan fingerprint density at radius 1 is 1.13 bits per heavy atom. The lowest BCUT2D eigenvalue weighted by molar-refractivity contribution is -0.112. The molecule has 1 amide bonds. The van der Waals surface area contributed by atoms with Crippen molar-refractivity contribution in [3.63, 3.8) is 0 Å². The van der Waals surface area contributed by atoms with Crippen LogP contribution in [0, 0.1) is 11.3 Å². The highest BCUT2D eigenvalue weighted by Crippen LogP contribution is 2.35. The number of halogens is 2. The number of amides is 1. The first-order chi connectivity index (χ1) is 15.0. The van der Waals surface area contributed by atoms with Crippen molar-refractivity contribution in [2.24, 2.45) is 0 Å². The second kappa shape index (κ2) is 10.7. The summed E-state index contributed by atoms with van der Waals surface area (Å²) in [4.78, 5) is 12.5. The zero-order valence-electron chi connectivity index (χ0n) is 16.6. The summed E-state index contributed by atoms with van der Waals surface area (Å²) in [7, 11) is 1.53. The van der Waals surface area contributed by atoms with Gasteiger partial charge in [0.05, 0.1) is 7.11 Å². The molecule has 3 aromatic rings. The summed E-state index contributed by atoms with van der Waals surface area (Å²) < 4.78 is 12.0. The Morgan fingerprint density at radius 3 is 2.58 bits per heavy atom. The first-order valence-electron chi connectivity index (χ1n) is 9.23. The lowest BCUT2D eigenvalue weighted by atomic mass is 10.1. The first kappa shape index (κ1) is 22.4. The van der Waals surface area contributed by atoms with Crippen LogP contribution in [0.25, 0.3) is 6.08 Å². The number of hydrogen-bond donors (Lipinski definition) is 1. The molecule has 7 heteroatoms. The van der Waals surface area contributed by atoms with Crippen LogP contribution < -0.4 is 14.8 Å². The van der Waals surface area contributed by atoms with Gasteiger partial charge in [-0.1, -0.05) is 63.9 Å². The Kier molecular flexibility index (Phi) is 7.71. The molecule has 0 fully saturated rings. The van der Waals surface area contributed by atoms with Gasteiger partial charge in [0.15, 0.2) is 11.5 Å². The molecule has 0 aromatic heterocycles. The van der Waals surface area contributed by atoms with Gasteiger partial charge in [0.25, 0.3) is 5.91 Å². The predicted molar refractivity (Wildman–Crippen MR) is 125 cm³/mol. The summed E-state index contributed by atoms with van der Waals surface area (Å²) in [5, 5.41) is 12.6. The maximum absolute atomic E-state index is 12.5. The van der Waals surface area contributed by atoms with Gasteiger partial charge in [-0.05, 0) is 47.5 Å². The molecular formula is C24H18BrClN2O3. The third-order valence-electron chi connectivity index (χ3n) is 4.27. The number of carbonyl (C=O) groups is 1. The molecule has 0 saturated carbocycles. The van der Waals surface area contributed by atoms with Crippen LogP contribution in [0.1, 0.15) is 11.1 Å². The minimum atomic E-state index is -0.542. The van der Waals surface area contributed by atoms with E-state index in [1.165, 1.54) is 13.2 Å². The second-order valence-corrected chi connectivity index (χ2v) is 7.72. The highest BCUT2D eigenvalue weighted by molar-refractivity contribution is 9.10. The average Bonchev–Trinajstić information content (AvgIpc) is 2.77. The third-order valence-corrected chi connectivity index (χ3v) is 5.19. The van der Waals surface area contributed by atoms with Crippen molar-refractivity contribution < 1.29 is 14.3 Å². The second-order valence-electron chi connectivity index (χ2n) is 6.43. The van der Waals surface area contributed by atoms with Gasteiger partial charge in [-0.15, -0.1) is 0 Å². The van der Waals surface area contributed by atoms with Gasteiger partial charge >= 0.3 is 0 Å². The molecule has 0 unspecified atom stereocenters. The molecule has 0 spiro atoms. The van der Waals surface area contributed by atoms with Gasteiger partial charge in [0, 0.05) is 15.2 Å². The quantitative estimate of drug-likeness (QED) is 0.310. The Morgan fingerprint density at radius 2 is 1.90 bits per heavy atom. The number of carbonyl (C=O) groups excluding carboxylic acids is 1. The molecule has 5 nitrogen and oxygen atoms in total. The first-order valence-corrected chi connectivity index (χ1v) is 10.4. The van der Waals surface area contributed by atoms with Crippen LogP contribution in [0.4, 0.5) is 5.69 Å². The average molecular weight is 498 g/mol. The molecule has 0 aliphatic heterocycles. The number of rotatable bonds is 7. The molecule has 156 valence electrons. The number of nitriles is 1. The number of anilines is 1. The minimum Gasteiger partial charge on any atom is -0.493 e. The predicted octanol–water partition coefficient (Wildman–Crippen LogP) is 6.24. The van der Waals surface area contributed by atoms with E-state index >= 15 is 0 Å². The van der Waals surface area contributed by atoms with Crippen LogP contribution in [0.3, 0.4) is 0 Å². The molecule has 0 heterocycles. The van der Waals surface area contributed by atoms with Crippen LogP contribution in [0.15, 0.2) is 76.8 Å². The Labute approximate surface area is 194 Å². The lowest BCUT2D eigenvalue weighted by Gasteiger charge is -2.13. The lowest BCUT2D eigenvalue weighted by Crippen LogP contribution is -2.13. The summed E-state index contributed by atoms with van der Waals surface area (Å²) in [6.07, 6.45) is 1.48. The summed E-state index contributed by atoms with van der Waals surface area (Å²) in [6.45, 7) is 0.379. The molecule has 0 saturated heterocycles. The number of ether oxygens (including phenoxy) is 2. The highest BCUT2D eigenvalue weighted by Gasteiger charge is 2.14. The summed E-state index contributed by atoms with van der Waals surface area (Å²) in [6, 6.07) is 21.9. The van der Waals surface area contributed by atoms with Gasteiger partial charge in [-0.25, -0.2) is 0 Å². The largest absolute Gasteiger partial charge is 0.493 e. The van der Waals surface area contributed by atoms with Crippen molar-refractivity contribution in [2.75, 3.05) is 12.4 Å². The van der Waals surface area contributed by atoms with Crippen molar-refractivity contribution >= 4 is 45.2 Å². The van der Waals surface area contributed by atoms with Gasteiger partial charge < -0.3 is 14.8 Å². The minimum absolute atomic E-state index is 0.0688. The molecule has 31 heavy (non-hydrogen) atoms. The van der Waals surface area contributed by atoms with E-state index in [1.54, 1.807) is 36.4 Å². The fraction of sp³-hybridized carbons (Fsp3) is 0.0833. The van der Waals surface area contributed by atoms with Gasteiger partial charge in [0.1, 0.15) is 18.2 Å². The van der Waals surface area contributed by atoms with E-state index in [0.717, 1.165) is 5.56 Å². The van der Waals surface area contributed by atoms with E-state index in [1.807, 2.05) is 36.4 Å². The molecule has 0 atom stereocenters. The standard InChI is InChI=1S/C24H18BrClN2O3/c1-30-22-11-17(21(25)13-23(22)31-15-16-6-3-2-4-7-16)10-18(14-27)24(29)28-20-9-5-8-19(26)12-20/h2-13H,15H2,1H3,(H,28,29)/b18-10+. The maximum atomic E-state index is 12.5. The van der Waals surface area contributed by atoms with Gasteiger partial charge in [-0.2, -0.15) is 5.26 Å². The molecular weight excluding hydrogens is 480 g/mol. The van der Waals surface area contributed by atoms with Crippen molar-refractivity contribution in [2.45, 2.75) is 6.61 Å². The smallest absolute Gasteiger partial charge is 0.266 e. The molecule has 3 aromatic carbocycles. The molecule has 1 N–H and O–H groups in total. The SMILES string of the molecule is COc1cc(/C=C(\C#N)C(=O)Nc2cccc(Cl)c2)c(Br)cc1OCc1ccccc1. The molecule has 3 rings (SSSR count). The van der Waals surface area contributed by atoms with Crippen LogP contribution in [0.5, 0.6) is 11.5 Å². The Bertz CT molecular complexity index is 1160. The van der Waals surface area contributed by atoms with E-state index in [9.17, 15) is 10.1 Å². The zero-order chi connectivity index (χ0) is 22.2.